The van der Waals surface area contributed by atoms with Gasteiger partial charge in [-0.1, -0.05) is 36.4 Å². The maximum absolute atomic E-state index is 9.50. The monoisotopic (exact) mass is 249 g/mol. The molecule has 0 aromatic heterocycles. The maximum Gasteiger partial charge on any atom is 0.192 e. The fourth-order valence-electron chi connectivity index (χ4n) is 2.55. The molecule has 2 aromatic rings. The van der Waals surface area contributed by atoms with Crippen molar-refractivity contribution in [3.8, 4) is 6.07 Å². The first-order chi connectivity index (χ1) is 9.40. The number of hydrogen-bond donors (Lipinski definition) is 0. The molecule has 1 heterocycles. The van der Waals surface area contributed by atoms with Crippen molar-refractivity contribution in [2.45, 2.75) is 6.17 Å². The molecule has 3 heteroatoms. The van der Waals surface area contributed by atoms with Gasteiger partial charge >= 0.3 is 0 Å². The lowest BCUT2D eigenvalue weighted by Gasteiger charge is -2.27. The van der Waals surface area contributed by atoms with Crippen molar-refractivity contribution in [2.24, 2.45) is 0 Å². The summed E-state index contributed by atoms with van der Waals surface area (Å²) in [4.78, 5) is 4.29. The molecule has 2 aromatic carbocycles. The van der Waals surface area contributed by atoms with Gasteiger partial charge in [-0.15, -0.1) is 0 Å². The van der Waals surface area contributed by atoms with E-state index in [1.807, 2.05) is 36.4 Å². The van der Waals surface area contributed by atoms with Gasteiger partial charge in [-0.05, 0) is 24.3 Å². The predicted octanol–water partition coefficient (Wildman–Crippen LogP) is 2.86. The van der Waals surface area contributed by atoms with Gasteiger partial charge in [0, 0.05) is 24.5 Å². The third-order valence-electron chi connectivity index (χ3n) is 3.46. The Balaban J connectivity index is 1.90. The number of benzene rings is 2. The minimum absolute atomic E-state index is 0.232. The Kier molecular flexibility index (Phi) is 3.07. The molecule has 3 rings (SSSR count). The Morgan fingerprint density at radius 1 is 0.789 bits per heavy atom. The first-order valence-corrected chi connectivity index (χ1v) is 6.43. The molecule has 0 amide bonds. The number of hydrogen-bond acceptors (Lipinski definition) is 3. The summed E-state index contributed by atoms with van der Waals surface area (Å²) in [6.45, 7) is 1.74. The molecule has 1 fully saturated rings. The topological polar surface area (TPSA) is 30.3 Å². The van der Waals surface area contributed by atoms with Gasteiger partial charge in [-0.3, -0.25) is 0 Å². The van der Waals surface area contributed by atoms with Crippen LogP contribution in [-0.4, -0.2) is 19.3 Å². The highest BCUT2D eigenvalue weighted by Gasteiger charge is 2.31. The van der Waals surface area contributed by atoms with Crippen LogP contribution in [0.15, 0.2) is 60.7 Å². The molecule has 0 spiro atoms. The van der Waals surface area contributed by atoms with Crippen LogP contribution < -0.4 is 9.80 Å². The van der Waals surface area contributed by atoms with Crippen molar-refractivity contribution in [1.29, 1.82) is 5.26 Å². The van der Waals surface area contributed by atoms with Crippen LogP contribution in [0.3, 0.4) is 0 Å². The number of rotatable bonds is 2. The minimum atomic E-state index is -0.232. The Labute approximate surface area is 113 Å². The van der Waals surface area contributed by atoms with Gasteiger partial charge in [0.2, 0.25) is 0 Å². The van der Waals surface area contributed by atoms with E-state index < -0.39 is 0 Å². The lowest BCUT2D eigenvalue weighted by atomic mass is 10.2. The molecule has 1 aliphatic heterocycles. The van der Waals surface area contributed by atoms with Crippen molar-refractivity contribution in [1.82, 2.24) is 0 Å². The SMILES string of the molecule is N#CC1N(c2ccccc2)CCN1c1ccccc1. The molecule has 1 saturated heterocycles. The zero-order chi connectivity index (χ0) is 13.1. The summed E-state index contributed by atoms with van der Waals surface area (Å²) >= 11 is 0. The smallest absolute Gasteiger partial charge is 0.192 e. The highest BCUT2D eigenvalue weighted by molar-refractivity contribution is 5.58. The molecular formula is C16H15N3. The first-order valence-electron chi connectivity index (χ1n) is 6.43. The minimum Gasteiger partial charge on any atom is -0.338 e. The van der Waals surface area contributed by atoms with Crippen molar-refractivity contribution < 1.29 is 0 Å². The molecule has 94 valence electrons. The molecule has 0 radical (unpaired) electrons. The largest absolute Gasteiger partial charge is 0.338 e. The Hall–Kier alpha value is -2.47. The fourth-order valence-corrected chi connectivity index (χ4v) is 2.55. The number of anilines is 2. The van der Waals surface area contributed by atoms with Crippen LogP contribution >= 0.6 is 0 Å². The molecule has 3 nitrogen and oxygen atoms in total. The summed E-state index contributed by atoms with van der Waals surface area (Å²) in [5.74, 6) is 0. The van der Waals surface area contributed by atoms with Crippen molar-refractivity contribution in [2.75, 3.05) is 22.9 Å². The van der Waals surface area contributed by atoms with Gasteiger partial charge in [0.15, 0.2) is 6.17 Å². The van der Waals surface area contributed by atoms with Crippen LogP contribution in [0.25, 0.3) is 0 Å². The molecule has 0 unspecified atom stereocenters. The lowest BCUT2D eigenvalue weighted by molar-refractivity contribution is 0.813. The Morgan fingerprint density at radius 2 is 1.21 bits per heavy atom. The van der Waals surface area contributed by atoms with E-state index in [0.29, 0.717) is 0 Å². The van der Waals surface area contributed by atoms with Gasteiger partial charge in [0.25, 0.3) is 0 Å². The fraction of sp³-hybridized carbons (Fsp3) is 0.188. The maximum atomic E-state index is 9.50. The quantitative estimate of drug-likeness (QED) is 0.820. The van der Waals surface area contributed by atoms with E-state index in [-0.39, 0.29) is 6.17 Å². The molecule has 0 atom stereocenters. The highest BCUT2D eigenvalue weighted by Crippen LogP contribution is 2.27. The van der Waals surface area contributed by atoms with Crippen molar-refractivity contribution >= 4 is 11.4 Å². The molecule has 0 aliphatic carbocycles. The van der Waals surface area contributed by atoms with Crippen LogP contribution in [0.1, 0.15) is 0 Å². The van der Waals surface area contributed by atoms with E-state index in [2.05, 4.69) is 40.1 Å². The normalized spacial score (nSPS) is 15.5. The molecule has 1 aliphatic rings. The molecule has 0 bridgehead atoms. The van der Waals surface area contributed by atoms with Crippen molar-refractivity contribution in [3.05, 3.63) is 60.7 Å². The van der Waals surface area contributed by atoms with Crippen LogP contribution in [0.4, 0.5) is 11.4 Å². The zero-order valence-electron chi connectivity index (χ0n) is 10.6. The first kappa shape index (κ1) is 11.6. The molecule has 19 heavy (non-hydrogen) atoms. The summed E-state index contributed by atoms with van der Waals surface area (Å²) in [5.41, 5.74) is 2.21. The number of nitriles is 1. The van der Waals surface area contributed by atoms with E-state index in [9.17, 15) is 5.26 Å². The molecular weight excluding hydrogens is 234 g/mol. The molecule has 0 N–H and O–H groups in total. The van der Waals surface area contributed by atoms with Gasteiger partial charge in [-0.2, -0.15) is 5.26 Å². The van der Waals surface area contributed by atoms with Gasteiger partial charge in [0.05, 0.1) is 0 Å². The predicted molar refractivity (Wildman–Crippen MR) is 77.0 cm³/mol. The third-order valence-corrected chi connectivity index (χ3v) is 3.46. The molecule has 0 saturated carbocycles. The van der Waals surface area contributed by atoms with Crippen molar-refractivity contribution in [3.63, 3.8) is 0 Å². The van der Waals surface area contributed by atoms with Crippen LogP contribution in [-0.2, 0) is 0 Å². The second kappa shape index (κ2) is 5.03. The van der Waals surface area contributed by atoms with Crippen LogP contribution in [0, 0.1) is 11.3 Å². The Morgan fingerprint density at radius 3 is 1.58 bits per heavy atom. The van der Waals surface area contributed by atoms with Gasteiger partial charge in [0.1, 0.15) is 6.07 Å². The summed E-state index contributed by atoms with van der Waals surface area (Å²) < 4.78 is 0. The van der Waals surface area contributed by atoms with Gasteiger partial charge < -0.3 is 9.80 Å². The number of nitrogens with zero attached hydrogens (tertiary/aromatic N) is 3. The summed E-state index contributed by atoms with van der Waals surface area (Å²) in [7, 11) is 0. The van der Waals surface area contributed by atoms with E-state index in [4.69, 9.17) is 0 Å². The third kappa shape index (κ3) is 2.13. The second-order valence-corrected chi connectivity index (χ2v) is 4.56. The zero-order valence-corrected chi connectivity index (χ0v) is 10.6. The average molecular weight is 249 g/mol. The summed E-state index contributed by atoms with van der Waals surface area (Å²) in [5, 5.41) is 9.50. The lowest BCUT2D eigenvalue weighted by Crippen LogP contribution is -2.37. The van der Waals surface area contributed by atoms with E-state index in [1.165, 1.54) is 0 Å². The van der Waals surface area contributed by atoms with Gasteiger partial charge in [-0.25, -0.2) is 0 Å². The summed E-state index contributed by atoms with van der Waals surface area (Å²) in [6, 6.07) is 22.7. The van der Waals surface area contributed by atoms with Crippen LogP contribution in [0.2, 0.25) is 0 Å². The Bertz CT molecular complexity index is 526. The highest BCUT2D eigenvalue weighted by atomic mass is 15.4. The van der Waals surface area contributed by atoms with E-state index >= 15 is 0 Å². The average Bonchev–Trinajstić information content (AvgIpc) is 2.93. The van der Waals surface area contributed by atoms with Crippen LogP contribution in [0.5, 0.6) is 0 Å². The standard InChI is InChI=1S/C16H15N3/c17-13-16-18(14-7-3-1-4-8-14)11-12-19(16)15-9-5-2-6-10-15/h1-10,16H,11-12H2. The second-order valence-electron chi connectivity index (χ2n) is 4.56. The van der Waals surface area contributed by atoms with E-state index in [1.54, 1.807) is 0 Å². The van der Waals surface area contributed by atoms with E-state index in [0.717, 1.165) is 24.5 Å². The summed E-state index contributed by atoms with van der Waals surface area (Å²) in [6.07, 6.45) is -0.232. The number of para-hydroxylation sites is 2.